The number of hydrogen-bond acceptors (Lipinski definition) is 9. The van der Waals surface area contributed by atoms with Crippen molar-refractivity contribution >= 4 is 23.8 Å². The first-order chi connectivity index (χ1) is 23.8. The lowest BCUT2D eigenvalue weighted by molar-refractivity contribution is -0.0416. The first kappa shape index (κ1) is 37.6. The number of nitrogens with zero attached hydrogens (tertiary/aromatic N) is 1. The number of Topliss-reactive ketones (excluding diaryl/α,β-unsaturated/α-hetero) is 1. The lowest BCUT2D eigenvalue weighted by Gasteiger charge is -2.36. The average Bonchev–Trinajstić information content (AvgIpc) is 3.26. The van der Waals surface area contributed by atoms with Gasteiger partial charge in [-0.25, -0.2) is 14.0 Å². The van der Waals surface area contributed by atoms with Gasteiger partial charge in [-0.15, -0.1) is 0 Å². The summed E-state index contributed by atoms with van der Waals surface area (Å²) < 4.78 is 43.8. The first-order valence-corrected chi connectivity index (χ1v) is 16.1. The van der Waals surface area contributed by atoms with Crippen molar-refractivity contribution in [1.29, 1.82) is 0 Å². The van der Waals surface area contributed by atoms with Crippen LogP contribution in [0.3, 0.4) is 0 Å². The van der Waals surface area contributed by atoms with Crippen LogP contribution in [0.5, 0.6) is 17.2 Å². The highest BCUT2D eigenvalue weighted by atomic mass is 19.1. The number of carbonyl (C=O) groups is 4. The number of aryl methyl sites for hydroxylation is 2. The predicted octanol–water partition coefficient (Wildman–Crippen LogP) is 6.12. The fourth-order valence-electron chi connectivity index (χ4n) is 6.30. The molecule has 50 heavy (non-hydrogen) atoms. The van der Waals surface area contributed by atoms with Crippen LogP contribution in [-0.2, 0) is 9.47 Å². The molecule has 0 radical (unpaired) electrons. The molecule has 0 aromatic heterocycles. The van der Waals surface area contributed by atoms with E-state index in [0.29, 0.717) is 16.9 Å². The number of halogens is 1. The SMILES string of the molecule is COCOc1c(C)cc(C(=O)NC2C(C(=O)c3c(OC)cc(OC)c(C(C)C)c3F)CCCN(C(=O)O)C2OC(=O)c2ccccc2)cc1C. The Bertz CT molecular complexity index is 1710. The quantitative estimate of drug-likeness (QED) is 0.129. The van der Waals surface area contributed by atoms with Crippen LogP contribution in [0.2, 0.25) is 0 Å². The monoisotopic (exact) mass is 694 g/mol. The zero-order chi connectivity index (χ0) is 36.7. The largest absolute Gasteiger partial charge is 0.496 e. The molecule has 0 aliphatic carbocycles. The molecule has 3 aromatic rings. The summed E-state index contributed by atoms with van der Waals surface area (Å²) in [6.45, 7) is 6.83. The van der Waals surface area contributed by atoms with Crippen LogP contribution < -0.4 is 19.5 Å². The van der Waals surface area contributed by atoms with Crippen LogP contribution in [0.25, 0.3) is 0 Å². The average molecular weight is 695 g/mol. The number of nitrogens with one attached hydrogen (secondary N) is 1. The second-order valence-corrected chi connectivity index (χ2v) is 12.3. The van der Waals surface area contributed by atoms with Crippen molar-refractivity contribution in [2.75, 3.05) is 34.7 Å². The number of carboxylic acid groups (broad SMARTS) is 1. The summed E-state index contributed by atoms with van der Waals surface area (Å²) >= 11 is 0. The van der Waals surface area contributed by atoms with Crippen LogP contribution in [0.15, 0.2) is 48.5 Å². The minimum Gasteiger partial charge on any atom is -0.496 e. The Morgan fingerprint density at radius 1 is 0.960 bits per heavy atom. The van der Waals surface area contributed by atoms with Gasteiger partial charge in [0.2, 0.25) is 6.23 Å². The number of hydrogen-bond donors (Lipinski definition) is 2. The molecule has 1 fully saturated rings. The molecule has 0 bridgehead atoms. The summed E-state index contributed by atoms with van der Waals surface area (Å²) in [6.07, 6.45) is -2.97. The van der Waals surface area contributed by atoms with Crippen LogP contribution in [-0.4, -0.2) is 80.7 Å². The van der Waals surface area contributed by atoms with E-state index in [0.717, 1.165) is 4.90 Å². The summed E-state index contributed by atoms with van der Waals surface area (Å²) in [5.41, 5.74) is 1.29. The van der Waals surface area contributed by atoms with Gasteiger partial charge < -0.3 is 34.1 Å². The van der Waals surface area contributed by atoms with Crippen LogP contribution in [0.1, 0.15) is 80.4 Å². The third-order valence-electron chi connectivity index (χ3n) is 8.62. The summed E-state index contributed by atoms with van der Waals surface area (Å²) in [7, 11) is 4.15. The number of ketones is 1. The van der Waals surface area contributed by atoms with E-state index in [9.17, 15) is 24.3 Å². The summed E-state index contributed by atoms with van der Waals surface area (Å²) in [6, 6.07) is 11.0. The number of likely N-dealkylation sites (tertiary alicyclic amines) is 1. The smallest absolute Gasteiger partial charge is 0.410 e. The van der Waals surface area contributed by atoms with E-state index in [-0.39, 0.29) is 59.9 Å². The van der Waals surface area contributed by atoms with Crippen molar-refractivity contribution in [3.63, 3.8) is 0 Å². The summed E-state index contributed by atoms with van der Waals surface area (Å²) in [4.78, 5) is 55.7. The first-order valence-electron chi connectivity index (χ1n) is 16.1. The van der Waals surface area contributed by atoms with E-state index in [1.807, 2.05) is 0 Å². The van der Waals surface area contributed by atoms with Gasteiger partial charge in [0.25, 0.3) is 5.91 Å². The minimum absolute atomic E-state index is 0.0114. The molecule has 1 aliphatic heterocycles. The molecule has 1 aliphatic rings. The Morgan fingerprint density at radius 2 is 1.60 bits per heavy atom. The molecular weight excluding hydrogens is 651 g/mol. The molecule has 2 amide bonds. The molecule has 0 spiro atoms. The van der Waals surface area contributed by atoms with Gasteiger partial charge in [-0.3, -0.25) is 14.5 Å². The molecule has 1 heterocycles. The zero-order valence-electron chi connectivity index (χ0n) is 29.2. The Balaban J connectivity index is 1.88. The van der Waals surface area contributed by atoms with Gasteiger partial charge in [-0.2, -0.15) is 0 Å². The molecule has 12 nitrogen and oxygen atoms in total. The topological polar surface area (TPSA) is 150 Å². The van der Waals surface area contributed by atoms with Gasteiger partial charge in [0.05, 0.1) is 31.4 Å². The van der Waals surface area contributed by atoms with Gasteiger partial charge in [-0.1, -0.05) is 32.0 Å². The van der Waals surface area contributed by atoms with Crippen molar-refractivity contribution in [1.82, 2.24) is 10.2 Å². The number of carbonyl (C=O) groups excluding carboxylic acids is 3. The molecule has 3 atom stereocenters. The molecule has 13 heteroatoms. The van der Waals surface area contributed by atoms with E-state index in [1.54, 1.807) is 58.0 Å². The predicted molar refractivity (Wildman–Crippen MR) is 181 cm³/mol. The lowest BCUT2D eigenvalue weighted by atomic mass is 9.84. The Labute approximate surface area is 290 Å². The fourth-order valence-corrected chi connectivity index (χ4v) is 6.30. The normalized spacial score (nSPS) is 17.5. The number of benzene rings is 3. The maximum Gasteiger partial charge on any atom is 0.410 e. The maximum atomic E-state index is 16.4. The Morgan fingerprint density at radius 3 is 2.16 bits per heavy atom. The van der Waals surface area contributed by atoms with Crippen LogP contribution in [0, 0.1) is 25.6 Å². The zero-order valence-corrected chi connectivity index (χ0v) is 29.2. The highest BCUT2D eigenvalue weighted by Crippen LogP contribution is 2.40. The molecule has 0 saturated carbocycles. The van der Waals surface area contributed by atoms with Crippen LogP contribution in [0.4, 0.5) is 9.18 Å². The van der Waals surface area contributed by atoms with Crippen molar-refractivity contribution in [3.8, 4) is 17.2 Å². The van der Waals surface area contributed by atoms with Gasteiger partial charge in [0.15, 0.2) is 12.6 Å². The number of amides is 2. The molecule has 3 aromatic carbocycles. The second-order valence-electron chi connectivity index (χ2n) is 12.3. The van der Waals surface area contributed by atoms with Crippen molar-refractivity contribution in [2.45, 2.75) is 58.7 Å². The summed E-state index contributed by atoms with van der Waals surface area (Å²) in [5, 5.41) is 13.1. The Hall–Kier alpha value is -5.17. The molecule has 2 N–H and O–H groups in total. The van der Waals surface area contributed by atoms with E-state index in [2.05, 4.69) is 5.32 Å². The maximum absolute atomic E-state index is 16.4. The highest BCUT2D eigenvalue weighted by molar-refractivity contribution is 6.03. The Kier molecular flexibility index (Phi) is 12.4. The third kappa shape index (κ3) is 7.99. The number of rotatable bonds is 12. The number of ether oxygens (including phenoxy) is 5. The number of esters is 1. The standard InChI is InChI=1S/C37H43FN2O10/c1-20(2)28-26(47-6)18-27(48-7)29(30(28)38)32(41)25-14-11-15-40(37(44)45)35(50-36(43)23-12-9-8-10-13-23)31(25)39-34(42)24-16-21(3)33(22(4)17-24)49-19-46-5/h8-10,12-13,16-18,20,25,31,35H,11,14-15,19H2,1-7H3,(H,39,42)(H,44,45). The van der Waals surface area contributed by atoms with Crippen molar-refractivity contribution in [2.24, 2.45) is 5.92 Å². The van der Waals surface area contributed by atoms with Crippen LogP contribution >= 0.6 is 0 Å². The molecule has 4 rings (SSSR count). The van der Waals surface area contributed by atoms with Gasteiger partial charge in [-0.05, 0) is 68.0 Å². The van der Waals surface area contributed by atoms with Gasteiger partial charge >= 0.3 is 12.1 Å². The molecule has 268 valence electrons. The summed E-state index contributed by atoms with van der Waals surface area (Å²) in [5.74, 6) is -4.25. The van der Waals surface area contributed by atoms with Gasteiger partial charge in [0.1, 0.15) is 23.1 Å². The van der Waals surface area contributed by atoms with E-state index in [4.69, 9.17) is 23.7 Å². The molecule has 1 saturated heterocycles. The number of methoxy groups -OCH3 is 3. The fraction of sp³-hybridized carbons (Fsp3) is 0.405. The third-order valence-corrected chi connectivity index (χ3v) is 8.62. The van der Waals surface area contributed by atoms with Crippen molar-refractivity contribution < 1.29 is 52.4 Å². The lowest BCUT2D eigenvalue weighted by Crippen LogP contribution is -2.58. The molecule has 3 unspecified atom stereocenters. The second kappa shape index (κ2) is 16.5. The molecular formula is C37H43FN2O10. The van der Waals surface area contributed by atoms with E-state index < -0.39 is 53.7 Å². The van der Waals surface area contributed by atoms with E-state index >= 15 is 4.39 Å². The van der Waals surface area contributed by atoms with Gasteiger partial charge in [0, 0.05) is 36.8 Å². The minimum atomic E-state index is -1.68. The van der Waals surface area contributed by atoms with Crippen molar-refractivity contribution in [3.05, 3.63) is 87.7 Å². The van der Waals surface area contributed by atoms with E-state index in [1.165, 1.54) is 39.5 Å². The highest BCUT2D eigenvalue weighted by Gasteiger charge is 2.46.